The second-order valence-corrected chi connectivity index (χ2v) is 6.52. The van der Waals surface area contributed by atoms with E-state index < -0.39 is 0 Å². The van der Waals surface area contributed by atoms with Gasteiger partial charge >= 0.3 is 0 Å². The molecule has 0 bridgehead atoms. The standard InChI is InChI=1S/C21H26N2O3/c1-16(17-7-5-4-6-8-17)22-9-11-23(12-10-22)21(24)18-13-19(25-2)15-20(14-18)26-3/h4-8,13-16H,9-12H2,1-3H3. The summed E-state index contributed by atoms with van der Waals surface area (Å²) >= 11 is 0. The topological polar surface area (TPSA) is 42.0 Å². The average molecular weight is 354 g/mol. The summed E-state index contributed by atoms with van der Waals surface area (Å²) in [5.74, 6) is 1.28. The van der Waals surface area contributed by atoms with Crippen LogP contribution in [0.3, 0.4) is 0 Å². The van der Waals surface area contributed by atoms with Gasteiger partial charge in [-0.05, 0) is 24.6 Å². The van der Waals surface area contributed by atoms with Crippen molar-refractivity contribution < 1.29 is 14.3 Å². The highest BCUT2D eigenvalue weighted by Crippen LogP contribution is 2.25. The van der Waals surface area contributed by atoms with Gasteiger partial charge < -0.3 is 14.4 Å². The van der Waals surface area contributed by atoms with Crippen LogP contribution in [-0.4, -0.2) is 56.1 Å². The van der Waals surface area contributed by atoms with Gasteiger partial charge in [0.05, 0.1) is 14.2 Å². The molecule has 1 saturated heterocycles. The average Bonchev–Trinajstić information content (AvgIpc) is 2.73. The zero-order valence-electron chi connectivity index (χ0n) is 15.6. The predicted octanol–water partition coefficient (Wildman–Crippen LogP) is 3.22. The van der Waals surface area contributed by atoms with Crippen LogP contribution >= 0.6 is 0 Å². The van der Waals surface area contributed by atoms with Crippen LogP contribution in [0.15, 0.2) is 48.5 Å². The first-order chi connectivity index (χ1) is 12.6. The van der Waals surface area contributed by atoms with Gasteiger partial charge in [-0.1, -0.05) is 30.3 Å². The van der Waals surface area contributed by atoms with Gasteiger partial charge in [-0.3, -0.25) is 9.69 Å². The van der Waals surface area contributed by atoms with E-state index in [0.29, 0.717) is 23.1 Å². The highest BCUT2D eigenvalue weighted by molar-refractivity contribution is 5.95. The number of ether oxygens (including phenoxy) is 2. The maximum Gasteiger partial charge on any atom is 0.254 e. The van der Waals surface area contributed by atoms with Gasteiger partial charge in [0, 0.05) is 43.9 Å². The first-order valence-corrected chi connectivity index (χ1v) is 8.93. The maximum atomic E-state index is 12.9. The Balaban J connectivity index is 1.65. The Morgan fingerprint density at radius 2 is 1.50 bits per heavy atom. The van der Waals surface area contributed by atoms with Crippen molar-refractivity contribution in [3.8, 4) is 11.5 Å². The van der Waals surface area contributed by atoms with E-state index in [4.69, 9.17) is 9.47 Å². The Bertz CT molecular complexity index is 718. The van der Waals surface area contributed by atoms with Gasteiger partial charge in [-0.2, -0.15) is 0 Å². The normalized spacial score (nSPS) is 16.2. The predicted molar refractivity (Wildman–Crippen MR) is 102 cm³/mol. The number of nitrogens with zero attached hydrogens (tertiary/aromatic N) is 2. The summed E-state index contributed by atoms with van der Waals surface area (Å²) in [4.78, 5) is 17.2. The van der Waals surface area contributed by atoms with E-state index in [-0.39, 0.29) is 5.91 Å². The number of methoxy groups -OCH3 is 2. The van der Waals surface area contributed by atoms with Crippen molar-refractivity contribution in [2.45, 2.75) is 13.0 Å². The first-order valence-electron chi connectivity index (χ1n) is 8.93. The van der Waals surface area contributed by atoms with Gasteiger partial charge in [-0.25, -0.2) is 0 Å². The van der Waals surface area contributed by atoms with Crippen molar-refractivity contribution in [1.29, 1.82) is 0 Å². The first kappa shape index (κ1) is 18.3. The number of hydrogen-bond acceptors (Lipinski definition) is 4. The molecule has 0 saturated carbocycles. The molecule has 26 heavy (non-hydrogen) atoms. The molecule has 1 unspecified atom stereocenters. The van der Waals surface area contributed by atoms with Gasteiger partial charge in [0.1, 0.15) is 11.5 Å². The van der Waals surface area contributed by atoms with Crippen LogP contribution in [0.1, 0.15) is 28.9 Å². The van der Waals surface area contributed by atoms with Crippen LogP contribution in [0.25, 0.3) is 0 Å². The largest absolute Gasteiger partial charge is 0.497 e. The molecule has 0 spiro atoms. The van der Waals surface area contributed by atoms with Crippen molar-refractivity contribution in [2.24, 2.45) is 0 Å². The molecule has 1 aliphatic rings. The molecular weight excluding hydrogens is 328 g/mol. The zero-order valence-corrected chi connectivity index (χ0v) is 15.6. The highest BCUT2D eigenvalue weighted by Gasteiger charge is 2.25. The summed E-state index contributed by atoms with van der Waals surface area (Å²) in [6, 6.07) is 16.2. The van der Waals surface area contributed by atoms with Crippen molar-refractivity contribution in [2.75, 3.05) is 40.4 Å². The Morgan fingerprint density at radius 1 is 0.923 bits per heavy atom. The van der Waals surface area contributed by atoms with Crippen LogP contribution < -0.4 is 9.47 Å². The van der Waals surface area contributed by atoms with E-state index in [1.165, 1.54) is 5.56 Å². The third-order valence-electron chi connectivity index (χ3n) is 5.03. The number of benzene rings is 2. The molecule has 0 radical (unpaired) electrons. The molecule has 1 fully saturated rings. The van der Waals surface area contributed by atoms with Crippen LogP contribution in [0.5, 0.6) is 11.5 Å². The monoisotopic (exact) mass is 354 g/mol. The van der Waals surface area contributed by atoms with E-state index in [9.17, 15) is 4.79 Å². The highest BCUT2D eigenvalue weighted by atomic mass is 16.5. The Morgan fingerprint density at radius 3 is 2.04 bits per heavy atom. The van der Waals surface area contributed by atoms with Crippen molar-refractivity contribution >= 4 is 5.91 Å². The lowest BCUT2D eigenvalue weighted by Crippen LogP contribution is -2.49. The van der Waals surface area contributed by atoms with Crippen LogP contribution in [0.4, 0.5) is 0 Å². The number of carbonyl (C=O) groups is 1. The van der Waals surface area contributed by atoms with Gasteiger partial charge in [0.25, 0.3) is 5.91 Å². The van der Waals surface area contributed by atoms with E-state index in [1.54, 1.807) is 32.4 Å². The second kappa shape index (κ2) is 8.23. The van der Waals surface area contributed by atoms with E-state index >= 15 is 0 Å². The molecule has 3 rings (SSSR count). The third-order valence-corrected chi connectivity index (χ3v) is 5.03. The molecule has 1 amide bonds. The lowest BCUT2D eigenvalue weighted by atomic mass is 10.1. The molecular formula is C21H26N2O3. The van der Waals surface area contributed by atoms with Crippen molar-refractivity contribution in [3.63, 3.8) is 0 Å². The lowest BCUT2D eigenvalue weighted by molar-refractivity contribution is 0.0581. The molecule has 1 heterocycles. The summed E-state index contributed by atoms with van der Waals surface area (Å²) in [5.41, 5.74) is 1.91. The Kier molecular flexibility index (Phi) is 5.78. The van der Waals surface area contributed by atoms with Crippen LogP contribution in [0.2, 0.25) is 0 Å². The Hall–Kier alpha value is -2.53. The molecule has 2 aromatic carbocycles. The second-order valence-electron chi connectivity index (χ2n) is 6.52. The molecule has 5 nitrogen and oxygen atoms in total. The third kappa shape index (κ3) is 3.99. The lowest BCUT2D eigenvalue weighted by Gasteiger charge is -2.38. The quantitative estimate of drug-likeness (QED) is 0.827. The van der Waals surface area contributed by atoms with Gasteiger partial charge in [-0.15, -0.1) is 0 Å². The molecule has 1 atom stereocenters. The minimum absolute atomic E-state index is 0.0224. The fourth-order valence-corrected chi connectivity index (χ4v) is 3.37. The number of hydrogen-bond donors (Lipinski definition) is 0. The summed E-state index contributed by atoms with van der Waals surface area (Å²) in [6.45, 7) is 5.39. The zero-order chi connectivity index (χ0) is 18.5. The van der Waals surface area contributed by atoms with Crippen LogP contribution in [-0.2, 0) is 0 Å². The summed E-state index contributed by atoms with van der Waals surface area (Å²) in [5, 5.41) is 0. The number of piperazine rings is 1. The van der Waals surface area contributed by atoms with E-state index in [1.807, 2.05) is 11.0 Å². The minimum Gasteiger partial charge on any atom is -0.497 e. The molecule has 1 aliphatic heterocycles. The SMILES string of the molecule is COc1cc(OC)cc(C(=O)N2CCN(C(C)c3ccccc3)CC2)c1. The van der Waals surface area contributed by atoms with Gasteiger partial charge in [0.2, 0.25) is 0 Å². The molecule has 138 valence electrons. The fraction of sp³-hybridized carbons (Fsp3) is 0.381. The molecule has 2 aromatic rings. The Labute approximate surface area is 155 Å². The number of amides is 1. The van der Waals surface area contributed by atoms with Gasteiger partial charge in [0.15, 0.2) is 0 Å². The van der Waals surface area contributed by atoms with E-state index in [0.717, 1.165) is 26.2 Å². The molecule has 5 heteroatoms. The molecule has 0 aliphatic carbocycles. The summed E-state index contributed by atoms with van der Waals surface area (Å²) in [7, 11) is 3.18. The van der Waals surface area contributed by atoms with E-state index in [2.05, 4.69) is 36.1 Å². The number of rotatable bonds is 5. The van der Waals surface area contributed by atoms with Crippen molar-refractivity contribution in [3.05, 3.63) is 59.7 Å². The van der Waals surface area contributed by atoms with Crippen LogP contribution in [0, 0.1) is 0 Å². The smallest absolute Gasteiger partial charge is 0.254 e. The minimum atomic E-state index is 0.0224. The summed E-state index contributed by atoms with van der Waals surface area (Å²) < 4.78 is 10.5. The maximum absolute atomic E-state index is 12.9. The fourth-order valence-electron chi connectivity index (χ4n) is 3.37. The number of carbonyl (C=O) groups excluding carboxylic acids is 1. The molecule has 0 N–H and O–H groups in total. The summed E-state index contributed by atoms with van der Waals surface area (Å²) in [6.07, 6.45) is 0. The van der Waals surface area contributed by atoms with Crippen molar-refractivity contribution in [1.82, 2.24) is 9.80 Å². The molecule has 0 aromatic heterocycles.